The third-order valence-electron chi connectivity index (χ3n) is 2.39. The van der Waals surface area contributed by atoms with Gasteiger partial charge in [-0.3, -0.25) is 5.10 Å². The molecule has 0 amide bonds. The molecule has 2 N–H and O–H groups in total. The highest BCUT2D eigenvalue weighted by molar-refractivity contribution is 6.32. The molecule has 5 nitrogen and oxygen atoms in total. The number of aromatic carboxylic acids is 1. The fourth-order valence-corrected chi connectivity index (χ4v) is 1.83. The summed E-state index contributed by atoms with van der Waals surface area (Å²) < 4.78 is 5.31. The van der Waals surface area contributed by atoms with Gasteiger partial charge in [-0.05, 0) is 25.1 Å². The summed E-state index contributed by atoms with van der Waals surface area (Å²) in [5.74, 6) is -0.469. The first-order chi connectivity index (χ1) is 8.63. The molecule has 0 radical (unpaired) electrons. The van der Waals surface area contributed by atoms with E-state index in [1.54, 1.807) is 18.2 Å². The summed E-state index contributed by atoms with van der Waals surface area (Å²) in [6.45, 7) is 2.38. The zero-order valence-corrected chi connectivity index (χ0v) is 10.4. The number of nitrogens with zero attached hydrogens (tertiary/aromatic N) is 1. The predicted molar refractivity (Wildman–Crippen MR) is 67.2 cm³/mol. The van der Waals surface area contributed by atoms with Crippen molar-refractivity contribution in [3.63, 3.8) is 0 Å². The van der Waals surface area contributed by atoms with Gasteiger partial charge >= 0.3 is 5.97 Å². The molecule has 1 aromatic heterocycles. The van der Waals surface area contributed by atoms with Crippen LogP contribution in [0.2, 0.25) is 5.02 Å². The standard InChI is InChI=1S/C12H11ClN2O3/c1-2-18-10-4-3-7(5-9(10)13)11-8(12(16)17)6-14-15-11/h3-6H,2H2,1H3,(H,14,15)(H,16,17). The van der Waals surface area contributed by atoms with Crippen LogP contribution >= 0.6 is 11.6 Å². The fourth-order valence-electron chi connectivity index (χ4n) is 1.60. The predicted octanol–water partition coefficient (Wildman–Crippen LogP) is 2.83. The zero-order chi connectivity index (χ0) is 13.1. The molecule has 0 aliphatic heterocycles. The molecule has 2 aromatic rings. The van der Waals surface area contributed by atoms with Gasteiger partial charge in [0.25, 0.3) is 0 Å². The number of aromatic nitrogens is 2. The van der Waals surface area contributed by atoms with Gasteiger partial charge in [-0.2, -0.15) is 5.10 Å². The molecule has 94 valence electrons. The van der Waals surface area contributed by atoms with E-state index >= 15 is 0 Å². The number of hydrogen-bond donors (Lipinski definition) is 2. The molecule has 0 spiro atoms. The van der Waals surface area contributed by atoms with E-state index in [1.165, 1.54) is 6.20 Å². The van der Waals surface area contributed by atoms with Crippen LogP contribution in [0.15, 0.2) is 24.4 Å². The quantitative estimate of drug-likeness (QED) is 0.892. The van der Waals surface area contributed by atoms with Gasteiger partial charge in [0.2, 0.25) is 0 Å². The number of ether oxygens (including phenoxy) is 1. The zero-order valence-electron chi connectivity index (χ0n) is 9.61. The molecule has 2 rings (SSSR count). The van der Waals surface area contributed by atoms with Crippen LogP contribution in [0.4, 0.5) is 0 Å². The average molecular weight is 267 g/mol. The molecule has 0 fully saturated rings. The van der Waals surface area contributed by atoms with E-state index in [0.29, 0.717) is 28.6 Å². The topological polar surface area (TPSA) is 75.2 Å². The number of hydrogen-bond acceptors (Lipinski definition) is 3. The van der Waals surface area contributed by atoms with Crippen molar-refractivity contribution in [3.8, 4) is 17.0 Å². The summed E-state index contributed by atoms with van der Waals surface area (Å²) in [6, 6.07) is 5.08. The Bertz CT molecular complexity index is 580. The van der Waals surface area contributed by atoms with Gasteiger partial charge < -0.3 is 9.84 Å². The lowest BCUT2D eigenvalue weighted by molar-refractivity contribution is 0.0698. The van der Waals surface area contributed by atoms with Gasteiger partial charge in [-0.25, -0.2) is 4.79 Å². The molecule has 6 heteroatoms. The molecule has 0 saturated carbocycles. The number of carbonyl (C=O) groups is 1. The van der Waals surface area contributed by atoms with Crippen LogP contribution in [0.5, 0.6) is 5.75 Å². The second-order valence-corrected chi connectivity index (χ2v) is 3.95. The third kappa shape index (κ3) is 2.31. The SMILES string of the molecule is CCOc1ccc(-c2[nH]ncc2C(=O)O)cc1Cl. The molecule has 0 aliphatic rings. The van der Waals surface area contributed by atoms with E-state index in [2.05, 4.69) is 10.2 Å². The number of carboxylic acid groups (broad SMARTS) is 1. The molecule has 0 atom stereocenters. The third-order valence-corrected chi connectivity index (χ3v) is 2.69. The Kier molecular flexibility index (Phi) is 3.53. The number of carboxylic acids is 1. The minimum absolute atomic E-state index is 0.107. The maximum Gasteiger partial charge on any atom is 0.339 e. The van der Waals surface area contributed by atoms with Crippen molar-refractivity contribution in [3.05, 3.63) is 35.0 Å². The van der Waals surface area contributed by atoms with E-state index in [0.717, 1.165) is 0 Å². The number of H-pyrrole nitrogens is 1. The highest BCUT2D eigenvalue weighted by Crippen LogP contribution is 2.30. The Balaban J connectivity index is 2.42. The van der Waals surface area contributed by atoms with E-state index < -0.39 is 5.97 Å². The van der Waals surface area contributed by atoms with Crippen molar-refractivity contribution in [1.82, 2.24) is 10.2 Å². The molecular weight excluding hydrogens is 256 g/mol. The summed E-state index contributed by atoms with van der Waals surface area (Å²) in [5.41, 5.74) is 1.18. The van der Waals surface area contributed by atoms with E-state index in [4.69, 9.17) is 21.4 Å². The number of aromatic amines is 1. The molecule has 1 heterocycles. The highest BCUT2D eigenvalue weighted by atomic mass is 35.5. The minimum Gasteiger partial charge on any atom is -0.492 e. The van der Waals surface area contributed by atoms with Crippen LogP contribution in [0.3, 0.4) is 0 Å². The van der Waals surface area contributed by atoms with Gasteiger partial charge in [-0.15, -0.1) is 0 Å². The summed E-state index contributed by atoms with van der Waals surface area (Å²) in [7, 11) is 0. The molecular formula is C12H11ClN2O3. The number of benzene rings is 1. The average Bonchev–Trinajstić information content (AvgIpc) is 2.81. The van der Waals surface area contributed by atoms with Crippen molar-refractivity contribution >= 4 is 17.6 Å². The lowest BCUT2D eigenvalue weighted by atomic mass is 10.1. The summed E-state index contributed by atoms with van der Waals surface area (Å²) >= 11 is 6.05. The summed E-state index contributed by atoms with van der Waals surface area (Å²) in [4.78, 5) is 11.0. The molecule has 0 aliphatic carbocycles. The molecule has 1 aromatic carbocycles. The van der Waals surface area contributed by atoms with Gasteiger partial charge in [0.1, 0.15) is 11.3 Å². The fraction of sp³-hybridized carbons (Fsp3) is 0.167. The van der Waals surface area contributed by atoms with Crippen LogP contribution in [-0.4, -0.2) is 27.9 Å². The number of rotatable bonds is 4. The maximum atomic E-state index is 11.0. The molecule has 0 unspecified atom stereocenters. The van der Waals surface area contributed by atoms with Crippen molar-refractivity contribution in [2.45, 2.75) is 6.92 Å². The molecule has 0 saturated heterocycles. The monoisotopic (exact) mass is 266 g/mol. The van der Waals surface area contributed by atoms with Crippen molar-refractivity contribution < 1.29 is 14.6 Å². The Morgan fingerprint density at radius 3 is 2.94 bits per heavy atom. The molecule has 18 heavy (non-hydrogen) atoms. The van der Waals surface area contributed by atoms with Crippen LogP contribution in [0, 0.1) is 0 Å². The first kappa shape index (κ1) is 12.4. The number of halogens is 1. The van der Waals surface area contributed by atoms with E-state index in [1.807, 2.05) is 6.92 Å². The van der Waals surface area contributed by atoms with Crippen LogP contribution in [-0.2, 0) is 0 Å². The van der Waals surface area contributed by atoms with E-state index in [-0.39, 0.29) is 5.56 Å². The summed E-state index contributed by atoms with van der Waals surface area (Å²) in [5, 5.41) is 15.8. The Hall–Kier alpha value is -2.01. The Morgan fingerprint density at radius 1 is 1.56 bits per heavy atom. The normalized spacial score (nSPS) is 10.3. The first-order valence-electron chi connectivity index (χ1n) is 5.33. The minimum atomic E-state index is -1.04. The van der Waals surface area contributed by atoms with Gasteiger partial charge in [0.15, 0.2) is 0 Å². The second-order valence-electron chi connectivity index (χ2n) is 3.54. The molecule has 0 bridgehead atoms. The van der Waals surface area contributed by atoms with Crippen LogP contribution in [0.1, 0.15) is 17.3 Å². The lowest BCUT2D eigenvalue weighted by Gasteiger charge is -2.07. The van der Waals surface area contributed by atoms with Gasteiger partial charge in [0, 0.05) is 5.56 Å². The van der Waals surface area contributed by atoms with Crippen LogP contribution < -0.4 is 4.74 Å². The van der Waals surface area contributed by atoms with Crippen molar-refractivity contribution in [2.75, 3.05) is 6.61 Å². The van der Waals surface area contributed by atoms with Gasteiger partial charge in [-0.1, -0.05) is 11.6 Å². The van der Waals surface area contributed by atoms with E-state index in [9.17, 15) is 4.79 Å². The largest absolute Gasteiger partial charge is 0.492 e. The lowest BCUT2D eigenvalue weighted by Crippen LogP contribution is -1.97. The maximum absolute atomic E-state index is 11.0. The van der Waals surface area contributed by atoms with Crippen molar-refractivity contribution in [1.29, 1.82) is 0 Å². The smallest absolute Gasteiger partial charge is 0.339 e. The number of nitrogens with one attached hydrogen (secondary N) is 1. The Labute approximate surface area is 108 Å². The summed E-state index contributed by atoms with van der Waals surface area (Å²) in [6.07, 6.45) is 1.27. The van der Waals surface area contributed by atoms with Gasteiger partial charge in [0.05, 0.1) is 23.5 Å². The highest BCUT2D eigenvalue weighted by Gasteiger charge is 2.15. The Morgan fingerprint density at radius 2 is 2.33 bits per heavy atom. The van der Waals surface area contributed by atoms with Crippen LogP contribution in [0.25, 0.3) is 11.3 Å². The first-order valence-corrected chi connectivity index (χ1v) is 5.70. The second kappa shape index (κ2) is 5.10. The van der Waals surface area contributed by atoms with Crippen molar-refractivity contribution in [2.24, 2.45) is 0 Å².